The minimum absolute atomic E-state index is 0.0139. The Morgan fingerprint density at radius 2 is 1.83 bits per heavy atom. The van der Waals surface area contributed by atoms with Crippen LogP contribution in [0, 0.1) is 11.7 Å². The molecule has 2 unspecified atom stereocenters. The van der Waals surface area contributed by atoms with Gasteiger partial charge in [0.05, 0.1) is 24.2 Å². The predicted molar refractivity (Wildman–Crippen MR) is 98.2 cm³/mol. The van der Waals surface area contributed by atoms with Gasteiger partial charge in [-0.2, -0.15) is 22.0 Å². The molecular weight excluding hydrogens is 414 g/mol. The van der Waals surface area contributed by atoms with Crippen LogP contribution >= 0.6 is 0 Å². The van der Waals surface area contributed by atoms with E-state index in [1.54, 1.807) is 0 Å². The number of carbonyl (C=O) groups excluding carboxylic acids is 1. The molecule has 1 aliphatic rings. The maximum atomic E-state index is 14.6. The summed E-state index contributed by atoms with van der Waals surface area (Å²) in [7, 11) is 0. The lowest BCUT2D eigenvalue weighted by Crippen LogP contribution is -2.42. The number of carbonyl (C=O) groups is 1. The van der Waals surface area contributed by atoms with Crippen LogP contribution < -0.4 is 4.74 Å². The molecule has 2 rings (SSSR count). The molecule has 0 spiro atoms. The quantitative estimate of drug-likeness (QED) is 0.241. The van der Waals surface area contributed by atoms with Crippen LogP contribution in [0.4, 0.5) is 26.3 Å². The number of ketones is 1. The highest BCUT2D eigenvalue weighted by molar-refractivity contribution is 5.96. The topological polar surface area (TPSA) is 35.5 Å². The fourth-order valence-corrected chi connectivity index (χ4v) is 3.46. The lowest BCUT2D eigenvalue weighted by Gasteiger charge is -2.34. The van der Waals surface area contributed by atoms with Crippen molar-refractivity contribution in [1.29, 1.82) is 0 Å². The number of halogens is 6. The van der Waals surface area contributed by atoms with E-state index in [0.29, 0.717) is 12.5 Å². The van der Waals surface area contributed by atoms with Crippen molar-refractivity contribution >= 4 is 5.78 Å². The molecule has 3 nitrogen and oxygen atoms in total. The molecule has 1 aliphatic heterocycles. The molecule has 0 radical (unpaired) electrons. The first-order chi connectivity index (χ1) is 14.0. The number of hydrogen-bond acceptors (Lipinski definition) is 3. The van der Waals surface area contributed by atoms with E-state index in [4.69, 9.17) is 4.74 Å². The molecule has 1 heterocycles. The van der Waals surface area contributed by atoms with Gasteiger partial charge in [0.2, 0.25) is 0 Å². The van der Waals surface area contributed by atoms with Crippen LogP contribution in [0.3, 0.4) is 0 Å². The Hall–Kier alpha value is -1.77. The molecule has 0 bridgehead atoms. The Balaban J connectivity index is 2.18. The van der Waals surface area contributed by atoms with Crippen LogP contribution in [0.15, 0.2) is 12.1 Å². The Labute approximate surface area is 171 Å². The number of Topliss-reactive ketones (excluding diaryl/α,β-unsaturated/α-hetero) is 1. The van der Waals surface area contributed by atoms with Gasteiger partial charge in [-0.05, 0) is 31.4 Å². The van der Waals surface area contributed by atoms with E-state index in [1.165, 1.54) is 6.92 Å². The van der Waals surface area contributed by atoms with Gasteiger partial charge < -0.3 is 9.47 Å². The molecule has 0 aromatic heterocycles. The first-order valence-corrected chi connectivity index (χ1v) is 10.1. The van der Waals surface area contributed by atoms with E-state index >= 15 is 0 Å². The van der Waals surface area contributed by atoms with Gasteiger partial charge in [0.25, 0.3) is 0 Å². The summed E-state index contributed by atoms with van der Waals surface area (Å²) in [6.45, 7) is 3.03. The number of hydrogen-bond donors (Lipinski definition) is 0. The maximum Gasteiger partial charge on any atom is 0.422 e. The van der Waals surface area contributed by atoms with Gasteiger partial charge in [-0.1, -0.05) is 33.1 Å². The number of ether oxygens (including phenoxy) is 2. The van der Waals surface area contributed by atoms with Crippen molar-refractivity contribution in [3.8, 4) is 5.75 Å². The van der Waals surface area contributed by atoms with Crippen LogP contribution in [-0.2, 0) is 10.9 Å². The van der Waals surface area contributed by atoms with E-state index < -0.39 is 46.7 Å². The molecule has 1 aromatic rings. The van der Waals surface area contributed by atoms with Crippen molar-refractivity contribution in [3.05, 3.63) is 29.1 Å². The van der Waals surface area contributed by atoms with Crippen LogP contribution in [0.25, 0.3) is 0 Å². The zero-order valence-electron chi connectivity index (χ0n) is 17.0. The molecule has 0 saturated carbocycles. The Bertz CT molecular complexity index is 724. The van der Waals surface area contributed by atoms with Crippen LogP contribution in [0.5, 0.6) is 5.75 Å². The normalized spacial score (nSPS) is 20.3. The van der Waals surface area contributed by atoms with Crippen molar-refractivity contribution in [1.82, 2.24) is 0 Å². The lowest BCUT2D eigenvalue weighted by atomic mass is 9.94. The third-order valence-corrected chi connectivity index (χ3v) is 5.23. The van der Waals surface area contributed by atoms with Gasteiger partial charge in [0.1, 0.15) is 17.1 Å². The number of benzene rings is 1. The van der Waals surface area contributed by atoms with E-state index in [2.05, 4.69) is 4.74 Å². The van der Waals surface area contributed by atoms with Crippen molar-refractivity contribution in [2.45, 2.75) is 77.2 Å². The number of alkyl halides is 5. The summed E-state index contributed by atoms with van der Waals surface area (Å²) >= 11 is 0. The average molecular weight is 440 g/mol. The summed E-state index contributed by atoms with van der Waals surface area (Å²) in [6.07, 6.45) is -5.66. The smallest absolute Gasteiger partial charge is 0.422 e. The Kier molecular flexibility index (Phi) is 8.19. The molecule has 0 amide bonds. The fraction of sp³-hybridized carbons (Fsp3) is 0.667. The second kappa shape index (κ2) is 10.0. The van der Waals surface area contributed by atoms with Gasteiger partial charge in [-0.3, -0.25) is 4.79 Å². The predicted octanol–water partition coefficient (Wildman–Crippen LogP) is 6.78. The summed E-state index contributed by atoms with van der Waals surface area (Å²) in [5.74, 6) is -5.58. The molecule has 1 saturated heterocycles. The van der Waals surface area contributed by atoms with Crippen molar-refractivity contribution in [2.75, 3.05) is 6.61 Å². The minimum Gasteiger partial charge on any atom is -0.432 e. The second-order valence-electron chi connectivity index (χ2n) is 7.46. The highest BCUT2D eigenvalue weighted by Crippen LogP contribution is 2.43. The van der Waals surface area contributed by atoms with Gasteiger partial charge in [0.15, 0.2) is 5.78 Å². The number of unbranched alkanes of at least 4 members (excludes halogenated alkanes) is 2. The zero-order chi connectivity index (χ0) is 22.5. The molecule has 1 aromatic carbocycles. The van der Waals surface area contributed by atoms with Gasteiger partial charge >= 0.3 is 12.3 Å². The third-order valence-electron chi connectivity index (χ3n) is 5.23. The molecule has 0 aliphatic carbocycles. The molecule has 30 heavy (non-hydrogen) atoms. The van der Waals surface area contributed by atoms with Gasteiger partial charge in [-0.25, -0.2) is 4.39 Å². The summed E-state index contributed by atoms with van der Waals surface area (Å²) < 4.78 is 93.5. The minimum atomic E-state index is -5.31. The molecule has 9 heteroatoms. The third kappa shape index (κ3) is 5.89. The molecule has 2 atom stereocenters. The van der Waals surface area contributed by atoms with Crippen LogP contribution in [0.2, 0.25) is 0 Å². The van der Waals surface area contributed by atoms with E-state index in [-0.39, 0.29) is 25.6 Å². The second-order valence-corrected chi connectivity index (χ2v) is 7.46. The monoisotopic (exact) mass is 440 g/mol. The van der Waals surface area contributed by atoms with E-state index in [9.17, 15) is 31.1 Å². The highest BCUT2D eigenvalue weighted by Gasteiger charge is 2.47. The average Bonchev–Trinajstić information content (AvgIpc) is 2.67. The van der Waals surface area contributed by atoms with Gasteiger partial charge in [0, 0.05) is 6.42 Å². The Morgan fingerprint density at radius 3 is 2.37 bits per heavy atom. The van der Waals surface area contributed by atoms with Crippen LogP contribution in [0.1, 0.15) is 74.7 Å². The van der Waals surface area contributed by atoms with Crippen LogP contribution in [-0.4, -0.2) is 24.6 Å². The molecule has 0 N–H and O–H groups in total. The van der Waals surface area contributed by atoms with E-state index in [1.807, 2.05) is 6.92 Å². The largest absolute Gasteiger partial charge is 0.432 e. The first-order valence-electron chi connectivity index (χ1n) is 10.1. The molecule has 170 valence electrons. The van der Waals surface area contributed by atoms with Crippen molar-refractivity contribution in [3.63, 3.8) is 0 Å². The van der Waals surface area contributed by atoms with Crippen molar-refractivity contribution in [2.24, 2.45) is 5.92 Å². The SMILES string of the molecule is CCCCCC1CCC(C(F)(F)Oc2ccc(C(=O)CC)c(F)c2C(F)(F)F)CO1. The first kappa shape index (κ1) is 24.5. The van der Waals surface area contributed by atoms with Crippen molar-refractivity contribution < 1.29 is 40.6 Å². The summed E-state index contributed by atoms with van der Waals surface area (Å²) in [6, 6.07) is 1.31. The highest BCUT2D eigenvalue weighted by atomic mass is 19.4. The summed E-state index contributed by atoms with van der Waals surface area (Å²) in [4.78, 5) is 11.7. The van der Waals surface area contributed by atoms with Gasteiger partial charge in [-0.15, -0.1) is 0 Å². The van der Waals surface area contributed by atoms with E-state index in [0.717, 1.165) is 31.7 Å². The standard InChI is InChI=1S/C21H26F6O3/c1-3-5-6-7-14-9-8-13(12-29-14)21(26,27)30-17-11-10-15(16(28)4-2)19(22)18(17)20(23,24)25/h10-11,13-14H,3-9,12H2,1-2H3. The zero-order valence-corrected chi connectivity index (χ0v) is 17.0. The number of rotatable bonds is 9. The Morgan fingerprint density at radius 1 is 1.13 bits per heavy atom. The summed E-state index contributed by atoms with van der Waals surface area (Å²) in [5.41, 5.74) is -2.81. The molecular formula is C21H26F6O3. The lowest BCUT2D eigenvalue weighted by molar-refractivity contribution is -0.243. The fourth-order valence-electron chi connectivity index (χ4n) is 3.46. The summed E-state index contributed by atoms with van der Waals surface area (Å²) in [5, 5.41) is 0. The molecule has 1 fully saturated rings. The maximum absolute atomic E-state index is 14.6.